The first-order valence-electron chi connectivity index (χ1n) is 9.53. The summed E-state index contributed by atoms with van der Waals surface area (Å²) in [6.07, 6.45) is 8.76. The molecule has 0 aliphatic heterocycles. The van der Waals surface area contributed by atoms with E-state index in [2.05, 4.69) is 0 Å². The third kappa shape index (κ3) is 14.2. The predicted octanol–water partition coefficient (Wildman–Crippen LogP) is 3.39. The van der Waals surface area contributed by atoms with Crippen LogP contribution in [0.2, 0.25) is 0 Å². The Balaban J connectivity index is 2.22. The van der Waals surface area contributed by atoms with Gasteiger partial charge in [-0.15, -0.1) is 0 Å². The lowest BCUT2D eigenvalue weighted by Gasteiger charge is -2.25. The second kappa shape index (κ2) is 15.1. The van der Waals surface area contributed by atoms with Gasteiger partial charge in [0.25, 0.3) is 10.1 Å². The molecule has 0 spiro atoms. The first-order valence-corrected chi connectivity index (χ1v) is 12.1. The fourth-order valence-electron chi connectivity index (χ4n) is 2.84. The molecule has 0 radical (unpaired) electrons. The number of rotatable bonds is 16. The minimum Gasteiger partial charge on any atom is -0.379 e. The van der Waals surface area contributed by atoms with E-state index in [1.165, 1.54) is 19.3 Å². The van der Waals surface area contributed by atoms with Gasteiger partial charge >= 0.3 is 0 Å². The van der Waals surface area contributed by atoms with Gasteiger partial charge in [0.1, 0.15) is 6.10 Å². The van der Waals surface area contributed by atoms with Crippen molar-refractivity contribution in [3.8, 4) is 0 Å². The molecule has 1 rings (SSSR count). The van der Waals surface area contributed by atoms with Crippen LogP contribution in [0.3, 0.4) is 0 Å². The molecule has 1 unspecified atom stereocenters. The van der Waals surface area contributed by atoms with Gasteiger partial charge in [0.05, 0.1) is 25.1 Å². The molecule has 0 saturated heterocycles. The van der Waals surface area contributed by atoms with Gasteiger partial charge in [0.15, 0.2) is 0 Å². The van der Waals surface area contributed by atoms with Crippen molar-refractivity contribution in [3.63, 3.8) is 0 Å². The zero-order chi connectivity index (χ0) is 19.1. The Labute approximate surface area is 162 Å². The summed E-state index contributed by atoms with van der Waals surface area (Å²) >= 11 is 0.846. The van der Waals surface area contributed by atoms with Crippen LogP contribution in [0.25, 0.3) is 0 Å². The van der Waals surface area contributed by atoms with Gasteiger partial charge in [-0.05, 0) is 50.6 Å². The molecule has 1 aliphatic rings. The number of unbranched alkanes of at least 4 members (excludes halogenated alkanes) is 2. The lowest BCUT2D eigenvalue weighted by molar-refractivity contribution is -0.0835. The van der Waals surface area contributed by atoms with Crippen LogP contribution in [-0.4, -0.2) is 67.7 Å². The first-order chi connectivity index (χ1) is 12.5. The molecule has 0 aromatic rings. The Morgan fingerprint density at radius 1 is 1.00 bits per heavy atom. The van der Waals surface area contributed by atoms with E-state index in [1.54, 1.807) is 0 Å². The number of hydrogen-bond donors (Lipinski definition) is 2. The van der Waals surface area contributed by atoms with Crippen molar-refractivity contribution < 1.29 is 31.7 Å². The number of hydrogen-bond acceptors (Lipinski definition) is 7. The zero-order valence-corrected chi connectivity index (χ0v) is 17.1. The van der Waals surface area contributed by atoms with E-state index in [9.17, 15) is 8.42 Å². The van der Waals surface area contributed by atoms with Gasteiger partial charge in [-0.3, -0.25) is 4.55 Å². The minimum absolute atomic E-state index is 0.171. The average Bonchev–Trinajstić information content (AvgIpc) is 2.61. The second-order valence-electron chi connectivity index (χ2n) is 6.69. The molecule has 0 heterocycles. The van der Waals surface area contributed by atoms with Crippen molar-refractivity contribution in [1.82, 2.24) is 0 Å². The molecular weight excluding hydrogens is 380 g/mol. The Kier molecular flexibility index (Phi) is 14.0. The first kappa shape index (κ1) is 24.1. The Morgan fingerprint density at radius 3 is 2.42 bits per heavy atom. The largest absolute Gasteiger partial charge is 0.379 e. The van der Waals surface area contributed by atoms with E-state index in [0.29, 0.717) is 51.1 Å². The second-order valence-corrected chi connectivity index (χ2v) is 8.93. The fraction of sp³-hybridized carbons (Fsp3) is 1.00. The van der Waals surface area contributed by atoms with Crippen molar-refractivity contribution >= 4 is 22.2 Å². The van der Waals surface area contributed by atoms with Crippen molar-refractivity contribution in [3.05, 3.63) is 0 Å². The molecule has 9 heteroatoms. The summed E-state index contributed by atoms with van der Waals surface area (Å²) in [4.78, 5) is 0. The van der Waals surface area contributed by atoms with Crippen molar-refractivity contribution in [2.45, 2.75) is 70.0 Å². The molecule has 0 aromatic carbocycles. The lowest BCUT2D eigenvalue weighted by atomic mass is 9.98. The molecule has 26 heavy (non-hydrogen) atoms. The van der Waals surface area contributed by atoms with Crippen LogP contribution in [-0.2, 0) is 24.3 Å². The summed E-state index contributed by atoms with van der Waals surface area (Å²) in [5.74, 6) is 0.473. The van der Waals surface area contributed by atoms with Crippen LogP contribution in [0, 0.1) is 0 Å². The van der Waals surface area contributed by atoms with E-state index in [-0.39, 0.29) is 11.9 Å². The summed E-state index contributed by atoms with van der Waals surface area (Å²) in [6, 6.07) is 0. The van der Waals surface area contributed by atoms with Gasteiger partial charge in [0, 0.05) is 19.0 Å². The highest BCUT2D eigenvalue weighted by molar-refractivity contribution is 7.93. The van der Waals surface area contributed by atoms with Crippen molar-refractivity contribution in [2.24, 2.45) is 0 Å². The summed E-state index contributed by atoms with van der Waals surface area (Å²) in [5.41, 5.74) is 0. The van der Waals surface area contributed by atoms with Gasteiger partial charge in [-0.2, -0.15) is 8.42 Å². The molecule has 2 N–H and O–H groups in total. The molecule has 1 aliphatic carbocycles. The highest BCUT2D eigenvalue weighted by Gasteiger charge is 2.17. The van der Waals surface area contributed by atoms with E-state index in [1.807, 2.05) is 0 Å². The lowest BCUT2D eigenvalue weighted by Crippen LogP contribution is -2.30. The van der Waals surface area contributed by atoms with E-state index < -0.39 is 10.1 Å². The van der Waals surface area contributed by atoms with Gasteiger partial charge < -0.3 is 18.8 Å². The summed E-state index contributed by atoms with van der Waals surface area (Å²) in [5, 5.41) is 0. The monoisotopic (exact) mass is 414 g/mol. The maximum absolute atomic E-state index is 10.7. The highest BCUT2D eigenvalue weighted by atomic mass is 32.2. The predicted molar refractivity (Wildman–Crippen MR) is 103 cm³/mol. The Morgan fingerprint density at radius 2 is 1.73 bits per heavy atom. The normalized spacial score (nSPS) is 17.5. The summed E-state index contributed by atoms with van der Waals surface area (Å²) in [7, 11) is -3.90. The third-order valence-corrected chi connectivity index (χ3v) is 5.57. The van der Waals surface area contributed by atoms with Crippen LogP contribution in [0.15, 0.2) is 0 Å². The van der Waals surface area contributed by atoms with E-state index in [0.717, 1.165) is 37.7 Å². The van der Waals surface area contributed by atoms with Crippen molar-refractivity contribution in [2.75, 3.05) is 37.9 Å². The molecule has 0 amide bonds. The highest BCUT2D eigenvalue weighted by Crippen LogP contribution is 2.20. The Hall–Kier alpha value is 0.1000. The zero-order valence-electron chi connectivity index (χ0n) is 15.5. The van der Waals surface area contributed by atoms with Crippen LogP contribution in [0.5, 0.6) is 0 Å². The smallest absolute Gasteiger partial charge is 0.264 e. The maximum atomic E-state index is 10.7. The van der Waals surface area contributed by atoms with E-state index >= 15 is 0 Å². The van der Waals surface area contributed by atoms with Crippen LogP contribution >= 0.6 is 12.0 Å². The molecule has 1 saturated carbocycles. The molecule has 1 atom stereocenters. The average molecular weight is 415 g/mol. The molecule has 0 bridgehead atoms. The maximum Gasteiger partial charge on any atom is 0.264 e. The van der Waals surface area contributed by atoms with Crippen molar-refractivity contribution in [1.29, 1.82) is 0 Å². The molecule has 1 fully saturated rings. The molecule has 7 nitrogen and oxygen atoms in total. The third-order valence-electron chi connectivity index (χ3n) is 4.30. The number of ether oxygens (including phenoxy) is 3. The summed E-state index contributed by atoms with van der Waals surface area (Å²) in [6.45, 7) is 1.96. The topological polar surface area (TPSA) is 102 Å². The minimum atomic E-state index is -3.90. The molecule has 156 valence electrons. The van der Waals surface area contributed by atoms with Gasteiger partial charge in [-0.25, -0.2) is 0 Å². The van der Waals surface area contributed by atoms with Crippen LogP contribution in [0.4, 0.5) is 0 Å². The van der Waals surface area contributed by atoms with Gasteiger partial charge in [-0.1, -0.05) is 19.3 Å². The van der Waals surface area contributed by atoms with Gasteiger partial charge in [0.2, 0.25) is 0 Å². The van der Waals surface area contributed by atoms with Crippen LogP contribution < -0.4 is 0 Å². The standard InChI is InChI=1S/C17H34O7S2/c18-25-12-6-4-10-22-14-17(15-24-16-8-2-1-3-9-16)23-11-5-7-13-26(19,20)21/h16-18H,1-15H2,(H,19,20,21). The summed E-state index contributed by atoms with van der Waals surface area (Å²) < 4.78 is 56.3. The fourth-order valence-corrected chi connectivity index (χ4v) is 3.74. The van der Waals surface area contributed by atoms with Crippen LogP contribution in [0.1, 0.15) is 57.8 Å². The molecular formula is C17H34O7S2. The van der Waals surface area contributed by atoms with E-state index in [4.69, 9.17) is 23.3 Å². The Bertz CT molecular complexity index is 425. The quantitative estimate of drug-likeness (QED) is 0.225. The molecule has 0 aromatic heterocycles. The SMILES string of the molecule is O=S(=O)(O)CCCCOC(COCCCCSO)COC1CCCCC1.